The van der Waals surface area contributed by atoms with E-state index < -0.39 is 0 Å². The molecule has 1 aromatic rings. The predicted octanol–water partition coefficient (Wildman–Crippen LogP) is 2.19. The van der Waals surface area contributed by atoms with Gasteiger partial charge in [0.05, 0.1) is 26.3 Å². The molecule has 0 saturated carbocycles. The Labute approximate surface area is 93.5 Å². The lowest BCUT2D eigenvalue weighted by molar-refractivity contribution is 0.399. The molecule has 0 aromatic heterocycles. The Hall–Kier alpha value is -1.16. The molecule has 1 aromatic carbocycles. The average molecular weight is 223 g/mol. The van der Waals surface area contributed by atoms with Crippen molar-refractivity contribution < 1.29 is 9.47 Å². The number of rotatable bonds is 1. The fraction of sp³-hybridized carbons (Fsp3) is 0.364. The van der Waals surface area contributed by atoms with Crippen LogP contribution < -0.4 is 4.74 Å². The van der Waals surface area contributed by atoms with Gasteiger partial charge in [0.15, 0.2) is 0 Å². The third-order valence-corrected chi connectivity index (χ3v) is 3.27. The summed E-state index contributed by atoms with van der Waals surface area (Å²) in [6, 6.07) is 5.99. The quantitative estimate of drug-likeness (QED) is 0.731. The van der Waals surface area contributed by atoms with Gasteiger partial charge in [-0.3, -0.25) is 4.99 Å². The van der Waals surface area contributed by atoms with Crippen molar-refractivity contribution in [2.45, 2.75) is 4.90 Å². The molecule has 0 unspecified atom stereocenters. The Morgan fingerprint density at radius 1 is 1.27 bits per heavy atom. The normalized spacial score (nSPS) is 14.9. The fourth-order valence-electron chi connectivity index (χ4n) is 1.49. The molecule has 15 heavy (non-hydrogen) atoms. The largest absolute Gasteiger partial charge is 0.497 e. The number of benzene rings is 1. The monoisotopic (exact) mass is 223 g/mol. The molecule has 0 N–H and O–H groups in total. The number of nitrogens with zero attached hydrogens (tertiary/aromatic N) is 1. The molecule has 0 aliphatic carbocycles. The second-order valence-electron chi connectivity index (χ2n) is 3.10. The fourth-order valence-corrected chi connectivity index (χ4v) is 2.36. The van der Waals surface area contributed by atoms with E-state index in [9.17, 15) is 0 Å². The zero-order chi connectivity index (χ0) is 10.7. The smallest absolute Gasteiger partial charge is 0.217 e. The maximum Gasteiger partial charge on any atom is 0.217 e. The summed E-state index contributed by atoms with van der Waals surface area (Å²) in [6.45, 7) is 0.796. The Balaban J connectivity index is 2.47. The molecule has 1 heterocycles. The summed E-state index contributed by atoms with van der Waals surface area (Å²) in [5, 5.41) is 0. The van der Waals surface area contributed by atoms with E-state index in [-0.39, 0.29) is 0 Å². The van der Waals surface area contributed by atoms with Crippen molar-refractivity contribution in [2.75, 3.05) is 26.5 Å². The van der Waals surface area contributed by atoms with Crippen molar-refractivity contribution in [1.29, 1.82) is 0 Å². The van der Waals surface area contributed by atoms with Gasteiger partial charge >= 0.3 is 0 Å². The van der Waals surface area contributed by atoms with Gasteiger partial charge in [-0.05, 0) is 18.2 Å². The van der Waals surface area contributed by atoms with Gasteiger partial charge in [0.1, 0.15) is 5.75 Å². The average Bonchev–Trinajstić information content (AvgIpc) is 2.49. The van der Waals surface area contributed by atoms with Crippen LogP contribution in [0.1, 0.15) is 5.56 Å². The molecule has 1 aliphatic rings. The van der Waals surface area contributed by atoms with Crippen LogP contribution in [0.3, 0.4) is 0 Å². The second kappa shape index (κ2) is 4.57. The lowest BCUT2D eigenvalue weighted by Crippen LogP contribution is -2.05. The van der Waals surface area contributed by atoms with Crippen molar-refractivity contribution in [1.82, 2.24) is 0 Å². The van der Waals surface area contributed by atoms with Crippen molar-refractivity contribution in [2.24, 2.45) is 4.99 Å². The van der Waals surface area contributed by atoms with Gasteiger partial charge in [0.2, 0.25) is 5.90 Å². The van der Waals surface area contributed by atoms with E-state index in [4.69, 9.17) is 9.47 Å². The van der Waals surface area contributed by atoms with E-state index in [0.29, 0.717) is 5.90 Å². The second-order valence-corrected chi connectivity index (χ2v) is 4.24. The van der Waals surface area contributed by atoms with E-state index in [2.05, 4.69) is 11.1 Å². The number of hydrogen-bond donors (Lipinski definition) is 0. The van der Waals surface area contributed by atoms with Crippen LogP contribution in [-0.2, 0) is 4.74 Å². The van der Waals surface area contributed by atoms with Crippen molar-refractivity contribution >= 4 is 17.7 Å². The van der Waals surface area contributed by atoms with Crippen molar-refractivity contribution in [3.8, 4) is 5.75 Å². The van der Waals surface area contributed by atoms with Crippen LogP contribution in [0.4, 0.5) is 0 Å². The summed E-state index contributed by atoms with van der Waals surface area (Å²) < 4.78 is 10.5. The number of hydrogen-bond acceptors (Lipinski definition) is 4. The summed E-state index contributed by atoms with van der Waals surface area (Å²) in [7, 11) is 3.31. The van der Waals surface area contributed by atoms with Crippen LogP contribution >= 0.6 is 11.8 Å². The first kappa shape index (κ1) is 10.4. The van der Waals surface area contributed by atoms with Crippen LogP contribution in [0.15, 0.2) is 28.1 Å². The number of ether oxygens (including phenoxy) is 2. The Bertz CT molecular complexity index is 390. The summed E-state index contributed by atoms with van der Waals surface area (Å²) in [5.74, 6) is 2.53. The van der Waals surface area contributed by atoms with Gasteiger partial charge in [-0.1, -0.05) is 0 Å². The van der Waals surface area contributed by atoms with Gasteiger partial charge in [-0.25, -0.2) is 0 Å². The summed E-state index contributed by atoms with van der Waals surface area (Å²) in [5.41, 5.74) is 1.03. The number of fused-ring (bicyclic) bond motifs is 1. The van der Waals surface area contributed by atoms with E-state index in [1.165, 1.54) is 4.90 Å². The molecule has 1 aliphatic heterocycles. The van der Waals surface area contributed by atoms with Gasteiger partial charge in [-0.2, -0.15) is 0 Å². The molecule has 0 fully saturated rings. The van der Waals surface area contributed by atoms with Gasteiger partial charge in [-0.15, -0.1) is 11.8 Å². The first-order valence-electron chi connectivity index (χ1n) is 4.75. The van der Waals surface area contributed by atoms with E-state index in [1.54, 1.807) is 26.0 Å². The summed E-state index contributed by atoms with van der Waals surface area (Å²) in [6.07, 6.45) is 0. The summed E-state index contributed by atoms with van der Waals surface area (Å²) in [4.78, 5) is 5.58. The third kappa shape index (κ3) is 2.09. The highest BCUT2D eigenvalue weighted by atomic mass is 32.2. The standard InChI is InChI=1S/C11H13NO2S/c1-13-8-3-4-10-9(7-8)11(14-2)12-5-6-15-10/h3-4,7H,5-6H2,1-2H3. The molecular formula is C11H13NO2S. The predicted molar refractivity (Wildman–Crippen MR) is 62.1 cm³/mol. The SMILES string of the molecule is COC1=NCCSc2ccc(OC)cc21. The lowest BCUT2D eigenvalue weighted by Gasteiger charge is -2.09. The molecule has 0 amide bonds. The van der Waals surface area contributed by atoms with Crippen LogP contribution in [0.5, 0.6) is 5.75 Å². The minimum absolute atomic E-state index is 0.703. The highest BCUT2D eigenvalue weighted by molar-refractivity contribution is 7.99. The molecule has 4 heteroatoms. The van der Waals surface area contributed by atoms with Crippen LogP contribution in [0.2, 0.25) is 0 Å². The molecule has 80 valence electrons. The van der Waals surface area contributed by atoms with Crippen LogP contribution in [0, 0.1) is 0 Å². The summed E-state index contributed by atoms with van der Waals surface area (Å²) >= 11 is 1.80. The van der Waals surface area contributed by atoms with Crippen molar-refractivity contribution in [3.63, 3.8) is 0 Å². The molecule has 0 saturated heterocycles. The van der Waals surface area contributed by atoms with Crippen LogP contribution in [0.25, 0.3) is 0 Å². The Morgan fingerprint density at radius 3 is 2.87 bits per heavy atom. The number of aliphatic imine (C=N–C) groups is 1. The molecular weight excluding hydrogens is 210 g/mol. The molecule has 2 rings (SSSR count). The first-order chi connectivity index (χ1) is 7.35. The Morgan fingerprint density at radius 2 is 2.13 bits per heavy atom. The molecule has 0 atom stereocenters. The van der Waals surface area contributed by atoms with Gasteiger partial charge in [0.25, 0.3) is 0 Å². The minimum atomic E-state index is 0.703. The van der Waals surface area contributed by atoms with E-state index in [1.807, 2.05) is 12.1 Å². The third-order valence-electron chi connectivity index (χ3n) is 2.21. The van der Waals surface area contributed by atoms with Gasteiger partial charge < -0.3 is 9.47 Å². The first-order valence-corrected chi connectivity index (χ1v) is 5.73. The minimum Gasteiger partial charge on any atom is -0.497 e. The zero-order valence-electron chi connectivity index (χ0n) is 8.82. The topological polar surface area (TPSA) is 30.8 Å². The zero-order valence-corrected chi connectivity index (χ0v) is 9.63. The maximum absolute atomic E-state index is 5.28. The molecule has 3 nitrogen and oxygen atoms in total. The van der Waals surface area contributed by atoms with Crippen molar-refractivity contribution in [3.05, 3.63) is 23.8 Å². The van der Waals surface area contributed by atoms with E-state index >= 15 is 0 Å². The molecule has 0 radical (unpaired) electrons. The lowest BCUT2D eigenvalue weighted by atomic mass is 10.2. The van der Waals surface area contributed by atoms with E-state index in [0.717, 1.165) is 23.6 Å². The number of thioether (sulfide) groups is 1. The molecule has 0 spiro atoms. The number of methoxy groups -OCH3 is 2. The van der Waals surface area contributed by atoms with Crippen LogP contribution in [-0.4, -0.2) is 32.4 Å². The highest BCUT2D eigenvalue weighted by Crippen LogP contribution is 2.29. The highest BCUT2D eigenvalue weighted by Gasteiger charge is 2.14. The van der Waals surface area contributed by atoms with Gasteiger partial charge in [0, 0.05) is 10.6 Å². The maximum atomic E-state index is 5.28. The Kier molecular flexibility index (Phi) is 3.16. The molecule has 0 bridgehead atoms.